The van der Waals surface area contributed by atoms with Crippen LogP contribution in [0.15, 0.2) is 36.5 Å². The van der Waals surface area contributed by atoms with E-state index in [1.54, 1.807) is 37.3 Å². The van der Waals surface area contributed by atoms with Gasteiger partial charge < -0.3 is 5.73 Å². The van der Waals surface area contributed by atoms with Crippen molar-refractivity contribution in [2.24, 2.45) is 0 Å². The molecule has 0 atom stereocenters. The van der Waals surface area contributed by atoms with Crippen LogP contribution in [0.4, 0.5) is 5.69 Å². The summed E-state index contributed by atoms with van der Waals surface area (Å²) in [5.74, 6) is 0.256. The Bertz CT molecular complexity index is 1070. The Labute approximate surface area is 144 Å². The number of carbonyl (C=O) groups is 1. The number of nitrogens with two attached hydrogens (primary N) is 1. The fourth-order valence-electron chi connectivity index (χ4n) is 2.51. The third kappa shape index (κ3) is 3.67. The highest BCUT2D eigenvalue weighted by Crippen LogP contribution is 2.20. The largest absolute Gasteiger partial charge is 0.399 e. The van der Waals surface area contributed by atoms with E-state index in [4.69, 9.17) is 5.73 Å². The molecule has 0 amide bonds. The SMILES string of the molecule is Cc1nc2ccc(N)cc2n1C(=O)c1ccnc(CNS(C)(=O)=O)c1. The lowest BCUT2D eigenvalue weighted by molar-refractivity contribution is 0.0962. The van der Waals surface area contributed by atoms with Crippen molar-refractivity contribution in [3.63, 3.8) is 0 Å². The van der Waals surface area contributed by atoms with Crippen molar-refractivity contribution in [2.45, 2.75) is 13.5 Å². The van der Waals surface area contributed by atoms with Gasteiger partial charge in [-0.3, -0.25) is 14.3 Å². The molecule has 0 radical (unpaired) electrons. The molecule has 0 fully saturated rings. The summed E-state index contributed by atoms with van der Waals surface area (Å²) >= 11 is 0. The van der Waals surface area contributed by atoms with Gasteiger partial charge in [0.1, 0.15) is 5.82 Å². The Morgan fingerprint density at radius 1 is 1.28 bits per heavy atom. The predicted molar refractivity (Wildman–Crippen MR) is 94.5 cm³/mol. The molecule has 3 rings (SSSR count). The van der Waals surface area contributed by atoms with Crippen molar-refractivity contribution < 1.29 is 13.2 Å². The number of aryl methyl sites for hydroxylation is 1. The summed E-state index contributed by atoms with van der Waals surface area (Å²) in [6.45, 7) is 1.75. The monoisotopic (exact) mass is 359 g/mol. The zero-order valence-electron chi connectivity index (χ0n) is 13.7. The zero-order chi connectivity index (χ0) is 18.2. The fourth-order valence-corrected chi connectivity index (χ4v) is 2.92. The molecule has 0 bridgehead atoms. The number of hydrogen-bond acceptors (Lipinski definition) is 6. The molecule has 25 heavy (non-hydrogen) atoms. The summed E-state index contributed by atoms with van der Waals surface area (Å²) < 4.78 is 26.2. The van der Waals surface area contributed by atoms with Crippen LogP contribution in [-0.2, 0) is 16.6 Å². The standard InChI is InChI=1S/C16H17N5O3S/c1-10-20-14-4-3-12(17)8-15(14)21(10)16(22)11-5-6-18-13(7-11)9-19-25(2,23)24/h3-8,19H,9,17H2,1-2H3. The van der Waals surface area contributed by atoms with E-state index in [9.17, 15) is 13.2 Å². The van der Waals surface area contributed by atoms with E-state index < -0.39 is 10.0 Å². The lowest BCUT2D eigenvalue weighted by Gasteiger charge is -2.08. The van der Waals surface area contributed by atoms with Crippen LogP contribution in [0.5, 0.6) is 0 Å². The molecular formula is C16H17N5O3S. The molecule has 0 aliphatic rings. The molecule has 0 aliphatic carbocycles. The molecule has 0 spiro atoms. The van der Waals surface area contributed by atoms with Gasteiger partial charge in [0.25, 0.3) is 5.91 Å². The third-order valence-corrected chi connectivity index (χ3v) is 4.30. The minimum atomic E-state index is -3.34. The van der Waals surface area contributed by atoms with Gasteiger partial charge in [-0.2, -0.15) is 0 Å². The Morgan fingerprint density at radius 2 is 2.04 bits per heavy atom. The van der Waals surface area contributed by atoms with E-state index in [1.807, 2.05) is 0 Å². The molecule has 1 aromatic carbocycles. The van der Waals surface area contributed by atoms with Gasteiger partial charge in [-0.15, -0.1) is 0 Å². The summed E-state index contributed by atoms with van der Waals surface area (Å²) in [7, 11) is -3.34. The van der Waals surface area contributed by atoms with E-state index >= 15 is 0 Å². The Morgan fingerprint density at radius 3 is 2.76 bits per heavy atom. The molecule has 0 saturated carbocycles. The quantitative estimate of drug-likeness (QED) is 0.672. The number of sulfonamides is 1. The number of nitrogens with zero attached hydrogens (tertiary/aromatic N) is 3. The first-order valence-corrected chi connectivity index (χ1v) is 9.32. The van der Waals surface area contributed by atoms with Gasteiger partial charge in [0.2, 0.25) is 10.0 Å². The number of nitrogen functional groups attached to an aromatic ring is 1. The van der Waals surface area contributed by atoms with Crippen molar-refractivity contribution in [3.8, 4) is 0 Å². The number of benzene rings is 1. The normalized spacial score (nSPS) is 11.8. The molecule has 130 valence electrons. The van der Waals surface area contributed by atoms with Crippen LogP contribution in [0.3, 0.4) is 0 Å². The lowest BCUT2D eigenvalue weighted by Crippen LogP contribution is -2.22. The molecular weight excluding hydrogens is 342 g/mol. The van der Waals surface area contributed by atoms with E-state index in [0.717, 1.165) is 6.26 Å². The number of rotatable bonds is 4. The fraction of sp³-hybridized carbons (Fsp3) is 0.188. The maximum absolute atomic E-state index is 12.9. The first kappa shape index (κ1) is 17.1. The number of nitrogens with one attached hydrogen (secondary N) is 1. The molecule has 8 nitrogen and oxygen atoms in total. The summed E-state index contributed by atoms with van der Waals surface area (Å²) in [6.07, 6.45) is 2.53. The minimum absolute atomic E-state index is 0.0105. The molecule has 0 saturated heterocycles. The molecule has 0 aliphatic heterocycles. The van der Waals surface area contributed by atoms with E-state index in [-0.39, 0.29) is 12.5 Å². The van der Waals surface area contributed by atoms with Crippen molar-refractivity contribution in [1.82, 2.24) is 19.3 Å². The Kier molecular flexibility index (Phi) is 4.27. The summed E-state index contributed by atoms with van der Waals surface area (Å²) in [5, 5.41) is 0. The van der Waals surface area contributed by atoms with Crippen LogP contribution >= 0.6 is 0 Å². The molecule has 9 heteroatoms. The average molecular weight is 359 g/mol. The summed E-state index contributed by atoms with van der Waals surface area (Å²) in [6, 6.07) is 8.31. The van der Waals surface area contributed by atoms with Gasteiger partial charge >= 0.3 is 0 Å². The average Bonchev–Trinajstić information content (AvgIpc) is 2.87. The van der Waals surface area contributed by atoms with E-state index in [0.29, 0.717) is 33.8 Å². The third-order valence-electron chi connectivity index (χ3n) is 3.63. The summed E-state index contributed by atoms with van der Waals surface area (Å²) in [4.78, 5) is 21.4. The maximum Gasteiger partial charge on any atom is 0.263 e. The van der Waals surface area contributed by atoms with Crippen molar-refractivity contribution >= 4 is 32.7 Å². The van der Waals surface area contributed by atoms with Crippen LogP contribution in [0, 0.1) is 6.92 Å². The number of anilines is 1. The smallest absolute Gasteiger partial charge is 0.263 e. The van der Waals surface area contributed by atoms with Gasteiger partial charge in [0, 0.05) is 17.4 Å². The van der Waals surface area contributed by atoms with Crippen molar-refractivity contribution in [1.29, 1.82) is 0 Å². The highest BCUT2D eigenvalue weighted by atomic mass is 32.2. The number of hydrogen-bond donors (Lipinski definition) is 2. The van der Waals surface area contributed by atoms with E-state index in [1.165, 1.54) is 10.8 Å². The second-order valence-electron chi connectivity index (χ2n) is 5.68. The predicted octanol–water partition coefficient (Wildman–Crippen LogP) is 1.06. The first-order chi connectivity index (χ1) is 11.7. The number of carbonyl (C=O) groups excluding carboxylic acids is 1. The van der Waals surface area contributed by atoms with Gasteiger partial charge in [0.15, 0.2) is 0 Å². The van der Waals surface area contributed by atoms with Gasteiger partial charge in [-0.1, -0.05) is 0 Å². The molecule has 2 aromatic heterocycles. The second kappa shape index (κ2) is 6.26. The second-order valence-corrected chi connectivity index (χ2v) is 7.51. The van der Waals surface area contributed by atoms with Crippen LogP contribution in [0.2, 0.25) is 0 Å². The maximum atomic E-state index is 12.9. The van der Waals surface area contributed by atoms with Crippen LogP contribution < -0.4 is 10.5 Å². The number of imidazole rings is 1. The van der Waals surface area contributed by atoms with Crippen LogP contribution in [-0.4, -0.2) is 35.1 Å². The molecule has 0 unspecified atom stereocenters. The molecule has 3 aromatic rings. The number of aromatic nitrogens is 3. The van der Waals surface area contributed by atoms with E-state index in [2.05, 4.69) is 14.7 Å². The zero-order valence-corrected chi connectivity index (χ0v) is 14.5. The van der Waals surface area contributed by atoms with Gasteiger partial charge in [-0.05, 0) is 37.3 Å². The molecule has 3 N–H and O–H groups in total. The number of fused-ring (bicyclic) bond motifs is 1. The van der Waals surface area contributed by atoms with Crippen molar-refractivity contribution in [2.75, 3.05) is 12.0 Å². The minimum Gasteiger partial charge on any atom is -0.399 e. The van der Waals surface area contributed by atoms with Crippen LogP contribution in [0.25, 0.3) is 11.0 Å². The Balaban J connectivity index is 1.99. The van der Waals surface area contributed by atoms with Crippen molar-refractivity contribution in [3.05, 3.63) is 53.6 Å². The highest BCUT2D eigenvalue weighted by molar-refractivity contribution is 7.88. The first-order valence-electron chi connectivity index (χ1n) is 7.43. The summed E-state index contributed by atoms with van der Waals surface area (Å²) in [5.41, 5.74) is 8.47. The Hall–Kier alpha value is -2.78. The molecule has 2 heterocycles. The lowest BCUT2D eigenvalue weighted by atomic mass is 10.2. The van der Waals surface area contributed by atoms with Gasteiger partial charge in [-0.25, -0.2) is 18.1 Å². The van der Waals surface area contributed by atoms with Gasteiger partial charge in [0.05, 0.1) is 29.5 Å². The van der Waals surface area contributed by atoms with Crippen LogP contribution in [0.1, 0.15) is 21.9 Å². The number of pyridine rings is 1. The highest BCUT2D eigenvalue weighted by Gasteiger charge is 2.17. The topological polar surface area (TPSA) is 120 Å².